The summed E-state index contributed by atoms with van der Waals surface area (Å²) in [6.07, 6.45) is 2.08. The van der Waals surface area contributed by atoms with Gasteiger partial charge in [0.25, 0.3) is 0 Å². The van der Waals surface area contributed by atoms with Crippen LogP contribution in [0.1, 0.15) is 24.3 Å². The molecule has 0 bridgehead atoms. The second-order valence-electron chi connectivity index (χ2n) is 3.62. The molecule has 0 fully saturated rings. The van der Waals surface area contributed by atoms with Gasteiger partial charge in [-0.3, -0.25) is 0 Å². The topological polar surface area (TPSA) is 35.2 Å². The van der Waals surface area contributed by atoms with E-state index in [-0.39, 0.29) is 0 Å². The summed E-state index contributed by atoms with van der Waals surface area (Å²) < 4.78 is 5.03. The van der Waals surface area contributed by atoms with Crippen molar-refractivity contribution in [3.63, 3.8) is 0 Å². The van der Waals surface area contributed by atoms with Gasteiger partial charge in [-0.05, 0) is 43.0 Å². The lowest BCUT2D eigenvalue weighted by atomic mass is 9.94. The highest BCUT2D eigenvalue weighted by atomic mass is 35.5. The van der Waals surface area contributed by atoms with E-state index < -0.39 is 0 Å². The maximum atomic E-state index is 5.94. The van der Waals surface area contributed by atoms with E-state index in [9.17, 15) is 0 Å². The van der Waals surface area contributed by atoms with Crippen molar-refractivity contribution < 1.29 is 4.74 Å². The Morgan fingerprint density at radius 2 is 2.27 bits per heavy atom. The second kappa shape index (κ2) is 6.83. The zero-order valence-electron chi connectivity index (χ0n) is 9.08. The Morgan fingerprint density at radius 3 is 2.87 bits per heavy atom. The van der Waals surface area contributed by atoms with Gasteiger partial charge in [-0.1, -0.05) is 23.7 Å². The Kier molecular flexibility index (Phi) is 5.69. The van der Waals surface area contributed by atoms with Gasteiger partial charge in [0.2, 0.25) is 0 Å². The first-order valence-electron chi connectivity index (χ1n) is 5.22. The third kappa shape index (κ3) is 4.20. The van der Waals surface area contributed by atoms with Crippen LogP contribution in [-0.4, -0.2) is 20.3 Å². The van der Waals surface area contributed by atoms with Crippen LogP contribution in [0.4, 0.5) is 0 Å². The first kappa shape index (κ1) is 12.5. The molecule has 0 aliphatic rings. The maximum Gasteiger partial charge on any atom is 0.0462 e. The summed E-state index contributed by atoms with van der Waals surface area (Å²) in [5.74, 6) is 0.388. The van der Waals surface area contributed by atoms with E-state index in [1.807, 2.05) is 18.2 Å². The van der Waals surface area contributed by atoms with Gasteiger partial charge < -0.3 is 10.5 Å². The highest BCUT2D eigenvalue weighted by molar-refractivity contribution is 6.30. The number of halogens is 1. The van der Waals surface area contributed by atoms with Gasteiger partial charge in [-0.15, -0.1) is 0 Å². The molecule has 2 N–H and O–H groups in total. The summed E-state index contributed by atoms with van der Waals surface area (Å²) in [7, 11) is 1.72. The molecule has 0 radical (unpaired) electrons. The largest absolute Gasteiger partial charge is 0.385 e. The van der Waals surface area contributed by atoms with Crippen molar-refractivity contribution in [2.75, 3.05) is 20.3 Å². The summed E-state index contributed by atoms with van der Waals surface area (Å²) in [5, 5.41) is 0.776. The molecule has 3 heteroatoms. The van der Waals surface area contributed by atoms with E-state index in [1.165, 1.54) is 5.56 Å². The van der Waals surface area contributed by atoms with E-state index in [1.54, 1.807) is 7.11 Å². The predicted octanol–water partition coefficient (Wildman–Crippen LogP) is 2.81. The molecule has 0 aliphatic carbocycles. The number of nitrogens with two attached hydrogens (primary N) is 1. The van der Waals surface area contributed by atoms with Crippen LogP contribution in [0.15, 0.2) is 24.3 Å². The fraction of sp³-hybridized carbons (Fsp3) is 0.500. The minimum Gasteiger partial charge on any atom is -0.385 e. The van der Waals surface area contributed by atoms with Gasteiger partial charge in [0, 0.05) is 18.7 Å². The van der Waals surface area contributed by atoms with Crippen LogP contribution in [0.3, 0.4) is 0 Å². The first-order valence-corrected chi connectivity index (χ1v) is 5.60. The van der Waals surface area contributed by atoms with Crippen LogP contribution >= 0.6 is 11.6 Å². The molecule has 1 unspecified atom stereocenters. The maximum absolute atomic E-state index is 5.94. The molecule has 1 rings (SSSR count). The first-order chi connectivity index (χ1) is 7.27. The highest BCUT2D eigenvalue weighted by Crippen LogP contribution is 2.22. The normalized spacial score (nSPS) is 12.7. The summed E-state index contributed by atoms with van der Waals surface area (Å²) in [6, 6.07) is 7.92. The van der Waals surface area contributed by atoms with E-state index >= 15 is 0 Å². The third-order valence-electron chi connectivity index (χ3n) is 2.51. The van der Waals surface area contributed by atoms with Crippen molar-refractivity contribution in [3.8, 4) is 0 Å². The Balaban J connectivity index is 2.57. The summed E-state index contributed by atoms with van der Waals surface area (Å²) in [6.45, 7) is 1.45. The van der Waals surface area contributed by atoms with Crippen LogP contribution in [0, 0.1) is 0 Å². The van der Waals surface area contributed by atoms with Gasteiger partial charge in [0.1, 0.15) is 0 Å². The summed E-state index contributed by atoms with van der Waals surface area (Å²) >= 11 is 5.94. The molecule has 0 spiro atoms. The molecule has 2 nitrogen and oxygen atoms in total. The number of benzene rings is 1. The Labute approximate surface area is 96.4 Å². The molecule has 0 aliphatic heterocycles. The minimum absolute atomic E-state index is 0.388. The molecule has 0 saturated carbocycles. The molecule has 15 heavy (non-hydrogen) atoms. The van der Waals surface area contributed by atoms with Crippen molar-refractivity contribution in [1.29, 1.82) is 0 Å². The van der Waals surface area contributed by atoms with E-state index in [4.69, 9.17) is 22.1 Å². The van der Waals surface area contributed by atoms with Crippen LogP contribution in [-0.2, 0) is 4.74 Å². The molecule has 1 atom stereocenters. The Hall–Kier alpha value is -0.570. The molecule has 1 aromatic carbocycles. The van der Waals surface area contributed by atoms with Crippen LogP contribution in [0.2, 0.25) is 5.02 Å². The predicted molar refractivity (Wildman–Crippen MR) is 64.4 cm³/mol. The lowest BCUT2D eigenvalue weighted by molar-refractivity contribution is 0.190. The molecular formula is C12H18ClNO. The molecule has 1 aromatic rings. The summed E-state index contributed by atoms with van der Waals surface area (Å²) in [5.41, 5.74) is 6.98. The zero-order valence-corrected chi connectivity index (χ0v) is 9.83. The van der Waals surface area contributed by atoms with Gasteiger partial charge in [-0.2, -0.15) is 0 Å². The Bertz CT molecular complexity index is 291. The van der Waals surface area contributed by atoms with Gasteiger partial charge >= 0.3 is 0 Å². The fourth-order valence-electron chi connectivity index (χ4n) is 1.66. The van der Waals surface area contributed by atoms with Crippen LogP contribution < -0.4 is 5.73 Å². The van der Waals surface area contributed by atoms with Crippen LogP contribution in [0.25, 0.3) is 0 Å². The molecule has 0 saturated heterocycles. The standard InChI is InChI=1S/C12H18ClNO/c1-15-7-3-5-11(9-14)10-4-2-6-12(13)8-10/h2,4,6,8,11H,3,5,7,9,14H2,1H3. The smallest absolute Gasteiger partial charge is 0.0462 e. The van der Waals surface area contributed by atoms with Gasteiger partial charge in [-0.25, -0.2) is 0 Å². The van der Waals surface area contributed by atoms with Crippen molar-refractivity contribution in [1.82, 2.24) is 0 Å². The highest BCUT2D eigenvalue weighted by Gasteiger charge is 2.09. The third-order valence-corrected chi connectivity index (χ3v) is 2.74. The lowest BCUT2D eigenvalue weighted by Crippen LogP contribution is -2.13. The second-order valence-corrected chi connectivity index (χ2v) is 4.06. The number of rotatable bonds is 6. The monoisotopic (exact) mass is 227 g/mol. The zero-order chi connectivity index (χ0) is 11.1. The summed E-state index contributed by atoms with van der Waals surface area (Å²) in [4.78, 5) is 0. The minimum atomic E-state index is 0.388. The van der Waals surface area contributed by atoms with Crippen molar-refractivity contribution in [3.05, 3.63) is 34.9 Å². The Morgan fingerprint density at radius 1 is 1.47 bits per heavy atom. The number of ether oxygens (including phenoxy) is 1. The average molecular weight is 228 g/mol. The molecule has 0 amide bonds. The number of hydrogen-bond acceptors (Lipinski definition) is 2. The van der Waals surface area contributed by atoms with Crippen LogP contribution in [0.5, 0.6) is 0 Å². The SMILES string of the molecule is COCCCC(CN)c1cccc(Cl)c1. The van der Waals surface area contributed by atoms with Gasteiger partial charge in [0.15, 0.2) is 0 Å². The lowest BCUT2D eigenvalue weighted by Gasteiger charge is -2.15. The molecule has 0 heterocycles. The quantitative estimate of drug-likeness (QED) is 0.759. The van der Waals surface area contributed by atoms with E-state index in [0.717, 1.165) is 24.5 Å². The van der Waals surface area contributed by atoms with E-state index in [2.05, 4.69) is 6.07 Å². The number of hydrogen-bond donors (Lipinski definition) is 1. The van der Waals surface area contributed by atoms with Crippen molar-refractivity contribution in [2.24, 2.45) is 5.73 Å². The fourth-order valence-corrected chi connectivity index (χ4v) is 1.85. The van der Waals surface area contributed by atoms with Crippen molar-refractivity contribution in [2.45, 2.75) is 18.8 Å². The molecular weight excluding hydrogens is 210 g/mol. The van der Waals surface area contributed by atoms with Crippen molar-refractivity contribution >= 4 is 11.6 Å². The number of methoxy groups -OCH3 is 1. The molecule has 84 valence electrons. The van der Waals surface area contributed by atoms with E-state index in [0.29, 0.717) is 12.5 Å². The molecule has 0 aromatic heterocycles. The average Bonchev–Trinajstić information content (AvgIpc) is 2.24. The van der Waals surface area contributed by atoms with Gasteiger partial charge in [0.05, 0.1) is 0 Å².